The molecule has 1 heterocycles. The molecule has 1 aromatic heterocycles. The van der Waals surface area contributed by atoms with Crippen molar-refractivity contribution in [3.63, 3.8) is 0 Å². The summed E-state index contributed by atoms with van der Waals surface area (Å²) >= 11 is 0. The number of ether oxygens (including phenoxy) is 1. The van der Waals surface area contributed by atoms with Crippen LogP contribution in [0.4, 0.5) is 0 Å². The molecular formula is C10H19N3O2. The smallest absolute Gasteiger partial charge is 0.243 e. The van der Waals surface area contributed by atoms with Crippen LogP contribution >= 0.6 is 0 Å². The molecule has 5 heteroatoms. The highest BCUT2D eigenvalue weighted by molar-refractivity contribution is 4.89. The number of hydrogen-bond acceptors (Lipinski definition) is 5. The average Bonchev–Trinajstić information content (AvgIpc) is 2.67. The van der Waals surface area contributed by atoms with Gasteiger partial charge in [0.05, 0.1) is 6.04 Å². The standard InChI is InChI=1S/C10H19N3O2/c1-4-6-14-7-9-12-10(15-13-9)8(3)11-5-2/h8,11H,4-7H2,1-3H3. The van der Waals surface area contributed by atoms with Crippen LogP contribution < -0.4 is 5.32 Å². The maximum atomic E-state index is 5.32. The SMILES string of the molecule is CCCOCc1noc(C(C)NCC)n1. The predicted molar refractivity (Wildman–Crippen MR) is 56.3 cm³/mol. The van der Waals surface area contributed by atoms with E-state index in [1.807, 2.05) is 13.8 Å². The summed E-state index contributed by atoms with van der Waals surface area (Å²) in [6.07, 6.45) is 0.999. The topological polar surface area (TPSA) is 60.2 Å². The molecule has 0 fully saturated rings. The summed E-state index contributed by atoms with van der Waals surface area (Å²) in [6.45, 7) is 8.13. The van der Waals surface area contributed by atoms with Crippen LogP contribution in [0.2, 0.25) is 0 Å². The van der Waals surface area contributed by atoms with Crippen molar-refractivity contribution in [1.29, 1.82) is 0 Å². The average molecular weight is 213 g/mol. The van der Waals surface area contributed by atoms with Gasteiger partial charge in [0, 0.05) is 6.61 Å². The summed E-state index contributed by atoms with van der Waals surface area (Å²) in [5, 5.41) is 7.05. The maximum Gasteiger partial charge on any atom is 0.243 e. The van der Waals surface area contributed by atoms with E-state index in [1.54, 1.807) is 0 Å². The largest absolute Gasteiger partial charge is 0.373 e. The van der Waals surface area contributed by atoms with Crippen molar-refractivity contribution in [2.24, 2.45) is 0 Å². The van der Waals surface area contributed by atoms with Crippen LogP contribution in [-0.2, 0) is 11.3 Å². The minimum atomic E-state index is 0.0995. The summed E-state index contributed by atoms with van der Waals surface area (Å²) in [6, 6.07) is 0.0995. The van der Waals surface area contributed by atoms with E-state index in [4.69, 9.17) is 9.26 Å². The van der Waals surface area contributed by atoms with Gasteiger partial charge in [0.1, 0.15) is 6.61 Å². The zero-order chi connectivity index (χ0) is 11.1. The molecule has 1 unspecified atom stereocenters. The van der Waals surface area contributed by atoms with Gasteiger partial charge in [0.25, 0.3) is 0 Å². The molecule has 0 spiro atoms. The van der Waals surface area contributed by atoms with Crippen molar-refractivity contribution in [2.45, 2.75) is 39.8 Å². The van der Waals surface area contributed by atoms with Gasteiger partial charge in [-0.1, -0.05) is 19.0 Å². The quantitative estimate of drug-likeness (QED) is 0.698. The van der Waals surface area contributed by atoms with Crippen molar-refractivity contribution in [3.8, 4) is 0 Å². The lowest BCUT2D eigenvalue weighted by molar-refractivity contribution is 0.114. The third kappa shape index (κ3) is 3.97. The van der Waals surface area contributed by atoms with Crippen molar-refractivity contribution in [2.75, 3.05) is 13.2 Å². The van der Waals surface area contributed by atoms with Gasteiger partial charge >= 0.3 is 0 Å². The molecule has 0 aliphatic heterocycles. The fourth-order valence-corrected chi connectivity index (χ4v) is 1.20. The lowest BCUT2D eigenvalue weighted by atomic mass is 10.3. The number of nitrogens with one attached hydrogen (secondary N) is 1. The predicted octanol–water partition coefficient (Wildman–Crippen LogP) is 1.67. The Morgan fingerprint density at radius 1 is 1.47 bits per heavy atom. The monoisotopic (exact) mass is 213 g/mol. The molecule has 0 bridgehead atoms. The summed E-state index contributed by atoms with van der Waals surface area (Å²) in [4.78, 5) is 4.24. The van der Waals surface area contributed by atoms with Crippen LogP contribution in [0, 0.1) is 0 Å². The van der Waals surface area contributed by atoms with Crippen LogP contribution in [-0.4, -0.2) is 23.3 Å². The number of rotatable bonds is 7. The molecular weight excluding hydrogens is 194 g/mol. The van der Waals surface area contributed by atoms with Gasteiger partial charge < -0.3 is 14.6 Å². The van der Waals surface area contributed by atoms with Crippen LogP contribution in [0.5, 0.6) is 0 Å². The molecule has 1 aromatic rings. The summed E-state index contributed by atoms with van der Waals surface area (Å²) in [7, 11) is 0. The molecule has 86 valence electrons. The Labute approximate surface area is 90.2 Å². The number of nitrogens with zero attached hydrogens (tertiary/aromatic N) is 2. The van der Waals surface area contributed by atoms with Crippen LogP contribution in [0.25, 0.3) is 0 Å². The van der Waals surface area contributed by atoms with Crippen molar-refractivity contribution in [3.05, 3.63) is 11.7 Å². The fourth-order valence-electron chi connectivity index (χ4n) is 1.20. The van der Waals surface area contributed by atoms with Gasteiger partial charge in [-0.2, -0.15) is 4.98 Å². The second-order valence-electron chi connectivity index (χ2n) is 3.38. The van der Waals surface area contributed by atoms with E-state index in [-0.39, 0.29) is 6.04 Å². The number of aromatic nitrogens is 2. The molecule has 1 N–H and O–H groups in total. The van der Waals surface area contributed by atoms with E-state index in [2.05, 4.69) is 22.4 Å². The molecule has 1 rings (SSSR count). The molecule has 0 aromatic carbocycles. The van der Waals surface area contributed by atoms with E-state index in [0.717, 1.165) is 19.6 Å². The highest BCUT2D eigenvalue weighted by atomic mass is 16.5. The minimum Gasteiger partial charge on any atom is -0.373 e. The molecule has 0 saturated heterocycles. The van der Waals surface area contributed by atoms with E-state index < -0.39 is 0 Å². The van der Waals surface area contributed by atoms with Crippen molar-refractivity contribution < 1.29 is 9.26 Å². The Bertz CT molecular complexity index is 275. The fraction of sp³-hybridized carbons (Fsp3) is 0.800. The lowest BCUT2D eigenvalue weighted by Gasteiger charge is -2.05. The third-order valence-electron chi connectivity index (χ3n) is 1.94. The molecule has 15 heavy (non-hydrogen) atoms. The molecule has 0 amide bonds. The van der Waals surface area contributed by atoms with E-state index in [1.165, 1.54) is 0 Å². The van der Waals surface area contributed by atoms with Gasteiger partial charge in [-0.05, 0) is 19.9 Å². The molecule has 5 nitrogen and oxygen atoms in total. The molecule has 0 radical (unpaired) electrons. The Morgan fingerprint density at radius 3 is 2.93 bits per heavy atom. The Balaban J connectivity index is 2.41. The summed E-state index contributed by atoms with van der Waals surface area (Å²) < 4.78 is 10.4. The van der Waals surface area contributed by atoms with E-state index in [9.17, 15) is 0 Å². The summed E-state index contributed by atoms with van der Waals surface area (Å²) in [5.41, 5.74) is 0. The Kier molecular flexibility index (Phi) is 5.28. The van der Waals surface area contributed by atoms with E-state index >= 15 is 0 Å². The highest BCUT2D eigenvalue weighted by Crippen LogP contribution is 2.09. The van der Waals surface area contributed by atoms with Crippen molar-refractivity contribution >= 4 is 0 Å². The van der Waals surface area contributed by atoms with Gasteiger partial charge in [-0.15, -0.1) is 0 Å². The first-order chi connectivity index (χ1) is 7.27. The second-order valence-corrected chi connectivity index (χ2v) is 3.38. The first kappa shape index (κ1) is 12.1. The highest BCUT2D eigenvalue weighted by Gasteiger charge is 2.12. The van der Waals surface area contributed by atoms with Crippen LogP contribution in [0.3, 0.4) is 0 Å². The van der Waals surface area contributed by atoms with Gasteiger partial charge in [-0.25, -0.2) is 0 Å². The van der Waals surface area contributed by atoms with E-state index in [0.29, 0.717) is 18.3 Å². The first-order valence-electron chi connectivity index (χ1n) is 5.41. The van der Waals surface area contributed by atoms with Gasteiger partial charge in [0.2, 0.25) is 5.89 Å². The maximum absolute atomic E-state index is 5.32. The van der Waals surface area contributed by atoms with Crippen LogP contribution in [0.1, 0.15) is 44.9 Å². The zero-order valence-electron chi connectivity index (χ0n) is 9.62. The Hall–Kier alpha value is -0.940. The first-order valence-corrected chi connectivity index (χ1v) is 5.41. The minimum absolute atomic E-state index is 0.0995. The molecule has 0 aliphatic rings. The Morgan fingerprint density at radius 2 is 2.27 bits per heavy atom. The lowest BCUT2D eigenvalue weighted by Crippen LogP contribution is -2.17. The molecule has 0 saturated carbocycles. The van der Waals surface area contributed by atoms with Gasteiger partial charge in [-0.3, -0.25) is 0 Å². The van der Waals surface area contributed by atoms with Crippen LogP contribution in [0.15, 0.2) is 4.52 Å². The normalized spacial score (nSPS) is 13.0. The molecule has 0 aliphatic carbocycles. The molecule has 1 atom stereocenters. The zero-order valence-corrected chi connectivity index (χ0v) is 9.62. The summed E-state index contributed by atoms with van der Waals surface area (Å²) in [5.74, 6) is 1.23. The third-order valence-corrected chi connectivity index (χ3v) is 1.94. The van der Waals surface area contributed by atoms with Crippen molar-refractivity contribution in [1.82, 2.24) is 15.5 Å². The second kappa shape index (κ2) is 6.53. The van der Waals surface area contributed by atoms with Gasteiger partial charge in [0.15, 0.2) is 5.82 Å². The number of hydrogen-bond donors (Lipinski definition) is 1.